The quantitative estimate of drug-likeness (QED) is 0.731. The molecule has 2 fully saturated rings. The van der Waals surface area contributed by atoms with Crippen molar-refractivity contribution < 1.29 is 15.3 Å². The van der Waals surface area contributed by atoms with Crippen molar-refractivity contribution in [2.45, 2.75) is 90.4 Å². The number of hydrogen-bond acceptors (Lipinski definition) is 3. The summed E-state index contributed by atoms with van der Waals surface area (Å²) in [5, 5.41) is 30.2. The summed E-state index contributed by atoms with van der Waals surface area (Å²) in [5.41, 5.74) is -0.736. The Morgan fingerprint density at radius 2 is 1.86 bits per heavy atom. The first-order chi connectivity index (χ1) is 9.66. The summed E-state index contributed by atoms with van der Waals surface area (Å²) in [6.07, 6.45) is 6.56. The van der Waals surface area contributed by atoms with Crippen molar-refractivity contribution in [2.24, 2.45) is 23.2 Å². The molecule has 3 nitrogen and oxygen atoms in total. The zero-order valence-corrected chi connectivity index (χ0v) is 14.2. The van der Waals surface area contributed by atoms with Gasteiger partial charge in [-0.25, -0.2) is 0 Å². The van der Waals surface area contributed by atoms with Gasteiger partial charge in [-0.05, 0) is 75.5 Å². The zero-order chi connectivity index (χ0) is 15.8. The summed E-state index contributed by atoms with van der Waals surface area (Å²) in [7, 11) is 0. The molecule has 0 unspecified atom stereocenters. The van der Waals surface area contributed by atoms with Gasteiger partial charge in [0.05, 0.1) is 17.8 Å². The number of rotatable bonds is 5. The summed E-state index contributed by atoms with van der Waals surface area (Å²) in [5.74, 6) is 1.66. The minimum absolute atomic E-state index is 0.108. The Labute approximate surface area is 129 Å². The number of aliphatic hydroxyl groups is 3. The molecule has 3 heteroatoms. The van der Waals surface area contributed by atoms with Crippen LogP contribution in [0.15, 0.2) is 0 Å². The third-order valence-electron chi connectivity index (χ3n) is 6.56. The van der Waals surface area contributed by atoms with E-state index in [-0.39, 0.29) is 11.5 Å². The number of hydrogen-bond donors (Lipinski definition) is 3. The van der Waals surface area contributed by atoms with Gasteiger partial charge in [0, 0.05) is 0 Å². The van der Waals surface area contributed by atoms with Crippen molar-refractivity contribution in [3.05, 3.63) is 0 Å². The topological polar surface area (TPSA) is 60.7 Å². The van der Waals surface area contributed by atoms with E-state index in [0.29, 0.717) is 24.2 Å². The van der Waals surface area contributed by atoms with Crippen LogP contribution in [0.2, 0.25) is 0 Å². The molecular weight excluding hydrogens is 264 g/mol. The molecule has 124 valence electrons. The van der Waals surface area contributed by atoms with Gasteiger partial charge in [-0.1, -0.05) is 20.3 Å². The van der Waals surface area contributed by atoms with Gasteiger partial charge < -0.3 is 15.3 Å². The maximum atomic E-state index is 10.3. The van der Waals surface area contributed by atoms with E-state index >= 15 is 0 Å². The van der Waals surface area contributed by atoms with Crippen LogP contribution < -0.4 is 0 Å². The minimum atomic E-state index is -1.01. The molecule has 2 saturated carbocycles. The van der Waals surface area contributed by atoms with Crippen LogP contribution in [0.25, 0.3) is 0 Å². The Hall–Kier alpha value is -0.120. The lowest BCUT2D eigenvalue weighted by Gasteiger charge is -2.45. The molecule has 0 radical (unpaired) electrons. The molecular formula is C18H34O3. The summed E-state index contributed by atoms with van der Waals surface area (Å²) in [6.45, 7) is 8.01. The Kier molecular flexibility index (Phi) is 5.07. The molecule has 0 aliphatic heterocycles. The molecule has 0 aromatic rings. The number of fused-ring (bicyclic) bond motifs is 1. The molecule has 0 saturated heterocycles. The molecule has 2 aliphatic carbocycles. The van der Waals surface area contributed by atoms with Crippen molar-refractivity contribution in [2.75, 3.05) is 0 Å². The molecule has 0 spiro atoms. The Balaban J connectivity index is 1.95. The van der Waals surface area contributed by atoms with Gasteiger partial charge in [-0.3, -0.25) is 0 Å². The molecule has 3 N–H and O–H groups in total. The van der Waals surface area contributed by atoms with Crippen molar-refractivity contribution >= 4 is 0 Å². The van der Waals surface area contributed by atoms with Crippen LogP contribution in [-0.2, 0) is 0 Å². The van der Waals surface area contributed by atoms with E-state index in [9.17, 15) is 15.3 Å². The number of aliphatic hydroxyl groups excluding tert-OH is 2. The molecule has 2 aliphatic rings. The highest BCUT2D eigenvalue weighted by molar-refractivity contribution is 5.01. The van der Waals surface area contributed by atoms with E-state index in [1.54, 1.807) is 13.8 Å². The third-order valence-corrected chi connectivity index (χ3v) is 6.56. The predicted octanol–water partition coefficient (Wildman–Crippen LogP) is 3.11. The van der Waals surface area contributed by atoms with Gasteiger partial charge in [-0.15, -0.1) is 0 Å². The molecule has 0 heterocycles. The van der Waals surface area contributed by atoms with Crippen molar-refractivity contribution in [3.8, 4) is 0 Å². The average molecular weight is 298 g/mol. The van der Waals surface area contributed by atoms with Crippen LogP contribution in [0.1, 0.15) is 72.6 Å². The lowest BCUT2D eigenvalue weighted by atomic mass is 9.61. The second-order valence-electron chi connectivity index (χ2n) is 8.48. The fourth-order valence-electron chi connectivity index (χ4n) is 5.10. The lowest BCUT2D eigenvalue weighted by molar-refractivity contribution is -0.0582. The van der Waals surface area contributed by atoms with Crippen molar-refractivity contribution in [3.63, 3.8) is 0 Å². The monoisotopic (exact) mass is 298 g/mol. The SMILES string of the molecule is C[C@H](CC[C@H](O)C(C)(C)O)[C@H]1CC[C@H]2[C@@H](O)CCC[C@]12C. The lowest BCUT2D eigenvalue weighted by Crippen LogP contribution is -2.42. The van der Waals surface area contributed by atoms with Crippen LogP contribution >= 0.6 is 0 Å². The second-order valence-corrected chi connectivity index (χ2v) is 8.48. The van der Waals surface area contributed by atoms with Crippen LogP contribution in [0.5, 0.6) is 0 Å². The third kappa shape index (κ3) is 3.46. The molecule has 2 rings (SSSR count). The Morgan fingerprint density at radius 3 is 2.48 bits per heavy atom. The molecule has 0 aromatic heterocycles. The van der Waals surface area contributed by atoms with E-state index in [4.69, 9.17) is 0 Å². The van der Waals surface area contributed by atoms with Crippen molar-refractivity contribution in [1.29, 1.82) is 0 Å². The van der Waals surface area contributed by atoms with Crippen LogP contribution in [0.4, 0.5) is 0 Å². The van der Waals surface area contributed by atoms with Crippen LogP contribution in [0.3, 0.4) is 0 Å². The fourth-order valence-corrected chi connectivity index (χ4v) is 5.10. The first kappa shape index (κ1) is 17.2. The normalized spacial score (nSPS) is 39.9. The molecule has 0 bridgehead atoms. The maximum Gasteiger partial charge on any atom is 0.0849 e. The maximum absolute atomic E-state index is 10.3. The predicted molar refractivity (Wildman–Crippen MR) is 84.9 cm³/mol. The smallest absolute Gasteiger partial charge is 0.0849 e. The summed E-state index contributed by atoms with van der Waals surface area (Å²) < 4.78 is 0. The highest BCUT2D eigenvalue weighted by atomic mass is 16.3. The van der Waals surface area contributed by atoms with Gasteiger partial charge in [0.15, 0.2) is 0 Å². The zero-order valence-electron chi connectivity index (χ0n) is 14.2. The fraction of sp³-hybridized carbons (Fsp3) is 1.00. The molecule has 0 amide bonds. The summed E-state index contributed by atoms with van der Waals surface area (Å²) >= 11 is 0. The second kappa shape index (κ2) is 6.17. The van der Waals surface area contributed by atoms with Gasteiger partial charge in [0.2, 0.25) is 0 Å². The van der Waals surface area contributed by atoms with Gasteiger partial charge in [0.1, 0.15) is 0 Å². The standard InChI is InChI=1S/C18H34O3/c1-12(7-10-16(20)17(2,3)21)13-8-9-14-15(19)6-5-11-18(13,14)4/h12-16,19-21H,5-11H2,1-4H3/t12-,13-,14+,15+,16+,18-/m1/s1. The van der Waals surface area contributed by atoms with Gasteiger partial charge in [-0.2, -0.15) is 0 Å². The Bertz CT molecular complexity index is 349. The van der Waals surface area contributed by atoms with E-state index < -0.39 is 11.7 Å². The molecule has 0 aromatic carbocycles. The molecule has 6 atom stereocenters. The highest BCUT2D eigenvalue weighted by Crippen LogP contribution is 2.58. The first-order valence-electron chi connectivity index (χ1n) is 8.74. The summed E-state index contributed by atoms with van der Waals surface area (Å²) in [4.78, 5) is 0. The average Bonchev–Trinajstić information content (AvgIpc) is 2.73. The summed E-state index contributed by atoms with van der Waals surface area (Å²) in [6, 6.07) is 0. The minimum Gasteiger partial charge on any atom is -0.393 e. The first-order valence-corrected chi connectivity index (χ1v) is 8.74. The van der Waals surface area contributed by atoms with Gasteiger partial charge in [0.25, 0.3) is 0 Å². The van der Waals surface area contributed by atoms with E-state index in [2.05, 4.69) is 13.8 Å². The molecule has 21 heavy (non-hydrogen) atoms. The van der Waals surface area contributed by atoms with E-state index in [1.807, 2.05) is 0 Å². The van der Waals surface area contributed by atoms with Crippen LogP contribution in [-0.4, -0.2) is 33.1 Å². The van der Waals surface area contributed by atoms with E-state index in [0.717, 1.165) is 25.7 Å². The Morgan fingerprint density at radius 1 is 1.19 bits per heavy atom. The van der Waals surface area contributed by atoms with E-state index in [1.165, 1.54) is 12.8 Å². The van der Waals surface area contributed by atoms with Crippen LogP contribution in [0, 0.1) is 23.2 Å². The largest absolute Gasteiger partial charge is 0.393 e. The van der Waals surface area contributed by atoms with Crippen molar-refractivity contribution in [1.82, 2.24) is 0 Å². The highest BCUT2D eigenvalue weighted by Gasteiger charge is 2.52. The van der Waals surface area contributed by atoms with Gasteiger partial charge >= 0.3 is 0 Å².